The molecule has 4 nitrogen and oxygen atoms in total. The van der Waals surface area contributed by atoms with Gasteiger partial charge in [-0.25, -0.2) is 0 Å². The third-order valence-corrected chi connectivity index (χ3v) is 8.92. The van der Waals surface area contributed by atoms with E-state index in [0.29, 0.717) is 6.42 Å². The fraction of sp³-hybridized carbons (Fsp3) is 0.944. The van der Waals surface area contributed by atoms with E-state index in [1.807, 2.05) is 0 Å². The van der Waals surface area contributed by atoms with Gasteiger partial charge in [0.1, 0.15) is 12.2 Å². The molecule has 0 fully saturated rings. The van der Waals surface area contributed by atoms with E-state index in [4.69, 9.17) is 9.47 Å². The van der Waals surface area contributed by atoms with Crippen LogP contribution < -0.4 is 0 Å². The van der Waals surface area contributed by atoms with Gasteiger partial charge in [0.05, 0.1) is 0 Å². The van der Waals surface area contributed by atoms with E-state index in [2.05, 4.69) is 32.2 Å². The highest BCUT2D eigenvalue weighted by Gasteiger charge is 2.15. The van der Waals surface area contributed by atoms with Crippen molar-refractivity contribution in [3.8, 4) is 0 Å². The standard InChI is InChI=1S/C36H70O4S2/c1-3-4-26-35(29-21-15-10-6-5-8-12-18-24-31-41)40-36(38)30-23-17-16-22-28-34(39-33(2)37)27-20-14-11-7-9-13-19-25-32-42/h34-35,41-42H,3-32H2,1-2H3. The number of hydrogen-bond acceptors (Lipinski definition) is 6. The van der Waals surface area contributed by atoms with Crippen LogP contribution in [0.4, 0.5) is 0 Å². The van der Waals surface area contributed by atoms with E-state index in [-0.39, 0.29) is 24.1 Å². The summed E-state index contributed by atoms with van der Waals surface area (Å²) in [5.41, 5.74) is 0. The molecule has 6 heteroatoms. The minimum Gasteiger partial charge on any atom is -0.463 e. The van der Waals surface area contributed by atoms with Crippen molar-refractivity contribution < 1.29 is 19.1 Å². The summed E-state index contributed by atoms with van der Waals surface area (Å²) in [5.74, 6) is 1.83. The van der Waals surface area contributed by atoms with Crippen molar-refractivity contribution in [1.29, 1.82) is 0 Å². The molecule has 0 saturated heterocycles. The van der Waals surface area contributed by atoms with Crippen molar-refractivity contribution in [2.75, 3.05) is 11.5 Å². The molecule has 42 heavy (non-hydrogen) atoms. The summed E-state index contributed by atoms with van der Waals surface area (Å²) in [6, 6.07) is 0. The van der Waals surface area contributed by atoms with Crippen molar-refractivity contribution in [3.05, 3.63) is 0 Å². The van der Waals surface area contributed by atoms with Crippen molar-refractivity contribution in [1.82, 2.24) is 0 Å². The Kier molecular flexibility index (Phi) is 33.2. The molecule has 0 bridgehead atoms. The van der Waals surface area contributed by atoms with E-state index in [9.17, 15) is 9.59 Å². The van der Waals surface area contributed by atoms with Crippen LogP contribution in [0.15, 0.2) is 0 Å². The van der Waals surface area contributed by atoms with Gasteiger partial charge >= 0.3 is 11.9 Å². The molecule has 0 aromatic rings. The maximum absolute atomic E-state index is 12.5. The molecule has 0 heterocycles. The number of unbranched alkanes of at least 4 members (excludes halogenated alkanes) is 19. The summed E-state index contributed by atoms with van der Waals surface area (Å²) >= 11 is 8.55. The fourth-order valence-corrected chi connectivity index (χ4v) is 6.14. The first-order valence-electron chi connectivity index (χ1n) is 18.1. The number of carbonyl (C=O) groups excluding carboxylic acids is 2. The lowest BCUT2D eigenvalue weighted by Crippen LogP contribution is -2.18. The van der Waals surface area contributed by atoms with Gasteiger partial charge in [0, 0.05) is 13.3 Å². The molecule has 0 aliphatic rings. The van der Waals surface area contributed by atoms with Crippen LogP contribution in [0.5, 0.6) is 0 Å². The van der Waals surface area contributed by atoms with Gasteiger partial charge in [-0.3, -0.25) is 9.59 Å². The summed E-state index contributed by atoms with van der Waals surface area (Å²) in [4.78, 5) is 24.1. The molecular weight excluding hydrogens is 561 g/mol. The third-order valence-electron chi connectivity index (χ3n) is 8.29. The lowest BCUT2D eigenvalue weighted by molar-refractivity contribution is -0.150. The summed E-state index contributed by atoms with van der Waals surface area (Å²) < 4.78 is 11.5. The fourth-order valence-electron chi connectivity index (χ4n) is 5.70. The second-order valence-corrected chi connectivity index (χ2v) is 13.4. The Morgan fingerprint density at radius 2 is 0.810 bits per heavy atom. The van der Waals surface area contributed by atoms with Crippen molar-refractivity contribution >= 4 is 37.2 Å². The average Bonchev–Trinajstić information content (AvgIpc) is 2.97. The third kappa shape index (κ3) is 31.1. The smallest absolute Gasteiger partial charge is 0.306 e. The summed E-state index contributed by atoms with van der Waals surface area (Å²) in [5, 5.41) is 0. The number of esters is 2. The topological polar surface area (TPSA) is 52.6 Å². The number of rotatable bonds is 33. The highest BCUT2D eigenvalue weighted by Crippen LogP contribution is 2.19. The molecular formula is C36H70O4S2. The van der Waals surface area contributed by atoms with E-state index in [0.717, 1.165) is 82.1 Å². The second kappa shape index (κ2) is 33.5. The molecule has 0 aliphatic heterocycles. The summed E-state index contributed by atoms with van der Waals surface area (Å²) in [6.45, 7) is 3.72. The Morgan fingerprint density at radius 3 is 1.19 bits per heavy atom. The molecule has 2 atom stereocenters. The van der Waals surface area contributed by atoms with Crippen molar-refractivity contribution in [2.45, 2.75) is 206 Å². The van der Waals surface area contributed by atoms with Gasteiger partial charge in [-0.05, 0) is 75.7 Å². The highest BCUT2D eigenvalue weighted by atomic mass is 32.1. The first kappa shape index (κ1) is 41.6. The van der Waals surface area contributed by atoms with Gasteiger partial charge in [-0.1, -0.05) is 116 Å². The zero-order valence-electron chi connectivity index (χ0n) is 27.9. The normalized spacial score (nSPS) is 12.8. The SMILES string of the molecule is CCCCC(CCCCCCCCCCCS)OC(=O)CCCCCCC(CCCCCCCCCCS)OC(C)=O. The molecule has 0 radical (unpaired) electrons. The van der Waals surface area contributed by atoms with Gasteiger partial charge in [0.25, 0.3) is 0 Å². The van der Waals surface area contributed by atoms with Crippen LogP contribution in [0.25, 0.3) is 0 Å². The Morgan fingerprint density at radius 1 is 0.476 bits per heavy atom. The Labute approximate surface area is 272 Å². The van der Waals surface area contributed by atoms with E-state index < -0.39 is 0 Å². The van der Waals surface area contributed by atoms with E-state index in [1.165, 1.54) is 110 Å². The molecule has 0 aromatic heterocycles. The largest absolute Gasteiger partial charge is 0.463 e. The van der Waals surface area contributed by atoms with Crippen molar-refractivity contribution in [2.24, 2.45) is 0 Å². The number of hydrogen-bond donors (Lipinski definition) is 2. The summed E-state index contributed by atoms with van der Waals surface area (Å²) in [7, 11) is 0. The predicted molar refractivity (Wildman–Crippen MR) is 188 cm³/mol. The first-order chi connectivity index (χ1) is 20.5. The minimum atomic E-state index is -0.167. The van der Waals surface area contributed by atoms with E-state index in [1.54, 1.807) is 0 Å². The van der Waals surface area contributed by atoms with Gasteiger partial charge in [-0.15, -0.1) is 0 Å². The molecule has 250 valence electrons. The molecule has 0 aliphatic carbocycles. The quantitative estimate of drug-likeness (QED) is 0.0430. The Balaban J connectivity index is 3.97. The minimum absolute atomic E-state index is 0.0168. The van der Waals surface area contributed by atoms with Crippen LogP contribution in [0.3, 0.4) is 0 Å². The maximum Gasteiger partial charge on any atom is 0.306 e. The van der Waals surface area contributed by atoms with Crippen LogP contribution in [0.2, 0.25) is 0 Å². The molecule has 0 amide bonds. The molecule has 0 spiro atoms. The Bertz CT molecular complexity index is 587. The van der Waals surface area contributed by atoms with Crippen LogP contribution in [0.1, 0.15) is 194 Å². The number of carbonyl (C=O) groups is 2. The van der Waals surface area contributed by atoms with E-state index >= 15 is 0 Å². The summed E-state index contributed by atoms with van der Waals surface area (Å²) in [6.07, 6.45) is 32.7. The number of thiol groups is 2. The van der Waals surface area contributed by atoms with Crippen LogP contribution >= 0.6 is 25.3 Å². The maximum atomic E-state index is 12.5. The van der Waals surface area contributed by atoms with Gasteiger partial charge in [0.2, 0.25) is 0 Å². The van der Waals surface area contributed by atoms with Crippen molar-refractivity contribution in [3.63, 3.8) is 0 Å². The predicted octanol–water partition coefficient (Wildman–Crippen LogP) is 11.6. The second-order valence-electron chi connectivity index (χ2n) is 12.5. The lowest BCUT2D eigenvalue weighted by Gasteiger charge is -2.18. The zero-order chi connectivity index (χ0) is 30.9. The first-order valence-corrected chi connectivity index (χ1v) is 19.4. The highest BCUT2D eigenvalue weighted by molar-refractivity contribution is 7.80. The Hall–Kier alpha value is -0.360. The zero-order valence-corrected chi connectivity index (χ0v) is 29.7. The molecule has 0 N–H and O–H groups in total. The lowest BCUT2D eigenvalue weighted by atomic mass is 10.0. The molecule has 2 unspecified atom stereocenters. The molecule has 0 aromatic carbocycles. The average molecular weight is 631 g/mol. The van der Waals surface area contributed by atoms with Gasteiger partial charge in [-0.2, -0.15) is 25.3 Å². The molecule has 0 rings (SSSR count). The van der Waals surface area contributed by atoms with Gasteiger partial charge < -0.3 is 9.47 Å². The van der Waals surface area contributed by atoms with Crippen LogP contribution in [0, 0.1) is 0 Å². The molecule has 0 saturated carbocycles. The number of ether oxygens (including phenoxy) is 2. The van der Waals surface area contributed by atoms with Crippen LogP contribution in [-0.2, 0) is 19.1 Å². The monoisotopic (exact) mass is 630 g/mol. The van der Waals surface area contributed by atoms with Crippen LogP contribution in [-0.4, -0.2) is 35.7 Å². The van der Waals surface area contributed by atoms with Gasteiger partial charge in [0.15, 0.2) is 0 Å².